The summed E-state index contributed by atoms with van der Waals surface area (Å²) >= 11 is 0. The molecule has 13 nitrogen and oxygen atoms in total. The van der Waals surface area contributed by atoms with Crippen LogP contribution in [0.1, 0.15) is 79.6 Å². The van der Waals surface area contributed by atoms with Gasteiger partial charge in [0.05, 0.1) is 12.3 Å². The molecule has 0 aromatic rings. The molecule has 1 heterocycles. The highest BCUT2D eigenvalue weighted by Gasteiger charge is 2.69. The van der Waals surface area contributed by atoms with Crippen LogP contribution in [0.15, 0.2) is 12.7 Å². The molecule has 5 amide bonds. The van der Waals surface area contributed by atoms with Gasteiger partial charge in [-0.25, -0.2) is 17.5 Å². The Morgan fingerprint density at radius 1 is 1.02 bits per heavy atom. The van der Waals surface area contributed by atoms with Crippen LogP contribution in [0.2, 0.25) is 0 Å². The molecule has 0 spiro atoms. The summed E-state index contributed by atoms with van der Waals surface area (Å²) in [6.45, 7) is 12.8. The molecular formula is C34H55F3N6O7S. The zero-order valence-electron chi connectivity index (χ0n) is 30.7. The van der Waals surface area contributed by atoms with Gasteiger partial charge in [-0.1, -0.05) is 60.0 Å². The number of fused-ring (bicyclic) bond motifs is 1. The van der Waals surface area contributed by atoms with E-state index in [2.05, 4.69) is 27.8 Å². The Morgan fingerprint density at radius 2 is 1.63 bits per heavy atom. The van der Waals surface area contributed by atoms with E-state index in [1.165, 1.54) is 18.0 Å². The van der Waals surface area contributed by atoms with Crippen LogP contribution < -0.4 is 21.3 Å². The molecule has 2 saturated carbocycles. The minimum absolute atomic E-state index is 0.0234. The summed E-state index contributed by atoms with van der Waals surface area (Å²) < 4.78 is 65.1. The van der Waals surface area contributed by atoms with Gasteiger partial charge in [0, 0.05) is 39.1 Å². The van der Waals surface area contributed by atoms with Crippen molar-refractivity contribution < 1.29 is 45.6 Å². The lowest BCUT2D eigenvalue weighted by atomic mass is 9.83. The number of sulfonamides is 1. The summed E-state index contributed by atoms with van der Waals surface area (Å²) in [6.07, 6.45) is -0.752. The van der Waals surface area contributed by atoms with Gasteiger partial charge in [-0.3, -0.25) is 19.2 Å². The average Bonchev–Trinajstić information content (AvgIpc) is 3.32. The molecule has 2 aliphatic carbocycles. The predicted molar refractivity (Wildman–Crippen MR) is 184 cm³/mol. The molecule has 6 atom stereocenters. The maximum Gasteiger partial charge on any atom is 0.389 e. The third-order valence-corrected chi connectivity index (χ3v) is 12.1. The Balaban J connectivity index is 1.90. The van der Waals surface area contributed by atoms with E-state index in [1.807, 2.05) is 34.6 Å². The van der Waals surface area contributed by atoms with Gasteiger partial charge in [0.15, 0.2) is 0 Å². The van der Waals surface area contributed by atoms with Crippen LogP contribution in [0.4, 0.5) is 18.0 Å². The largest absolute Gasteiger partial charge is 0.389 e. The number of carbonyl (C=O) groups excluding carboxylic acids is 5. The van der Waals surface area contributed by atoms with Crippen molar-refractivity contribution in [2.75, 3.05) is 32.9 Å². The van der Waals surface area contributed by atoms with E-state index in [0.29, 0.717) is 12.8 Å². The lowest BCUT2D eigenvalue weighted by Gasteiger charge is -2.38. The van der Waals surface area contributed by atoms with Gasteiger partial charge in [0.1, 0.15) is 12.1 Å². The molecule has 1 saturated heterocycles. The lowest BCUT2D eigenvalue weighted by molar-refractivity contribution is -0.147. The number of urea groups is 1. The quantitative estimate of drug-likeness (QED) is 0.147. The fourth-order valence-corrected chi connectivity index (χ4v) is 7.77. The van der Waals surface area contributed by atoms with Crippen molar-refractivity contribution in [1.82, 2.24) is 30.5 Å². The van der Waals surface area contributed by atoms with Gasteiger partial charge < -0.3 is 26.2 Å². The molecule has 0 bridgehead atoms. The van der Waals surface area contributed by atoms with E-state index < -0.39 is 88.2 Å². The van der Waals surface area contributed by atoms with Crippen LogP contribution in [0, 0.1) is 28.6 Å². The molecular weight excluding hydrogens is 693 g/mol. The van der Waals surface area contributed by atoms with E-state index in [1.54, 1.807) is 0 Å². The summed E-state index contributed by atoms with van der Waals surface area (Å²) in [5.41, 5.74) is -0.962. The zero-order valence-corrected chi connectivity index (χ0v) is 31.5. The number of carbonyl (C=O) groups is 5. The van der Waals surface area contributed by atoms with Crippen molar-refractivity contribution in [1.29, 1.82) is 0 Å². The summed E-state index contributed by atoms with van der Waals surface area (Å²) in [5, 5.41) is 10.3. The summed E-state index contributed by atoms with van der Waals surface area (Å²) in [6, 6.07) is -5.33. The van der Waals surface area contributed by atoms with Gasteiger partial charge in [-0.05, 0) is 47.8 Å². The Labute approximate surface area is 299 Å². The minimum atomic E-state index is -4.66. The smallest absolute Gasteiger partial charge is 0.346 e. The molecule has 1 unspecified atom stereocenters. The molecule has 17 heteroatoms. The van der Waals surface area contributed by atoms with E-state index >= 15 is 0 Å². The second kappa shape index (κ2) is 16.2. The number of Topliss-reactive ketones (excluding diaryl/α,β-unsaturated/α-hetero) is 1. The van der Waals surface area contributed by atoms with E-state index in [4.69, 9.17) is 0 Å². The number of piperidine rings is 1. The first kappa shape index (κ1) is 42.2. The number of amides is 5. The molecule has 0 aromatic carbocycles. The number of ketones is 1. The Kier molecular flexibility index (Phi) is 13.4. The third-order valence-electron chi connectivity index (χ3n) is 10.8. The Bertz CT molecular complexity index is 1440. The minimum Gasteiger partial charge on any atom is -0.346 e. The van der Waals surface area contributed by atoms with Crippen LogP contribution >= 0.6 is 0 Å². The maximum atomic E-state index is 14.5. The number of nitrogens with one attached hydrogen (secondary N) is 4. The molecule has 4 N–H and O–H groups in total. The molecule has 3 fully saturated rings. The van der Waals surface area contributed by atoms with E-state index in [9.17, 15) is 45.6 Å². The molecule has 51 heavy (non-hydrogen) atoms. The first-order chi connectivity index (χ1) is 23.4. The molecule has 0 aromatic heterocycles. The molecule has 1 aliphatic heterocycles. The van der Waals surface area contributed by atoms with Gasteiger partial charge in [0.25, 0.3) is 5.91 Å². The van der Waals surface area contributed by atoms with Crippen molar-refractivity contribution in [3.05, 3.63) is 12.7 Å². The van der Waals surface area contributed by atoms with Crippen molar-refractivity contribution >= 4 is 39.6 Å². The van der Waals surface area contributed by atoms with Crippen LogP contribution in [0.3, 0.4) is 0 Å². The second-order valence-electron chi connectivity index (χ2n) is 15.9. The fourth-order valence-electron chi connectivity index (χ4n) is 7.35. The second-order valence-corrected chi connectivity index (χ2v) is 18.0. The number of likely N-dealkylation sites (N-methyl/N-ethyl adjacent to an activating group) is 1. The number of rotatable bonds is 15. The normalized spacial score (nSPS) is 23.7. The Morgan fingerprint density at radius 3 is 2.16 bits per heavy atom. The number of likely N-dealkylation sites (tertiary alicyclic amines) is 1. The van der Waals surface area contributed by atoms with Crippen molar-refractivity contribution in [2.45, 2.75) is 110 Å². The van der Waals surface area contributed by atoms with Gasteiger partial charge in [-0.15, -0.1) is 6.58 Å². The van der Waals surface area contributed by atoms with Gasteiger partial charge >= 0.3 is 12.2 Å². The van der Waals surface area contributed by atoms with Gasteiger partial charge in [-0.2, -0.15) is 13.2 Å². The van der Waals surface area contributed by atoms with Crippen LogP contribution in [0.5, 0.6) is 0 Å². The third kappa shape index (κ3) is 10.9. The first-order valence-corrected chi connectivity index (χ1v) is 19.3. The highest BCUT2D eigenvalue weighted by molar-refractivity contribution is 7.88. The maximum absolute atomic E-state index is 14.5. The summed E-state index contributed by atoms with van der Waals surface area (Å²) in [4.78, 5) is 68.8. The van der Waals surface area contributed by atoms with Crippen LogP contribution in [-0.2, 0) is 29.2 Å². The molecule has 0 radical (unpaired) electrons. The zero-order chi connectivity index (χ0) is 38.7. The standard InChI is InChI=1S/C34H55F3N6O7S/c1-9-17-38-29(46)27(44)22(15-16-34(35,36)37)39-28(45)26-24-21(33(24,5)6)18-43(26)30(47)25(20-13-11-10-12-14-20)41-31(48)40-23(32(2,3)4)19-42(7)51(8,49)50/h9,20-26H,1,10-19H2,2-8H3,(H,38,46)(H,39,45)(H2,40,41,48)/t21-,22?,23+,24-,25-,26-/m0/s1. The van der Waals surface area contributed by atoms with Crippen LogP contribution in [-0.4, -0.2) is 110 Å². The fraction of sp³-hybridized carbons (Fsp3) is 0.794. The van der Waals surface area contributed by atoms with Crippen molar-refractivity contribution in [2.24, 2.45) is 28.6 Å². The topological polar surface area (TPSA) is 174 Å². The predicted octanol–water partition coefficient (Wildman–Crippen LogP) is 2.72. The highest BCUT2D eigenvalue weighted by atomic mass is 32.2. The molecule has 3 rings (SSSR count). The van der Waals surface area contributed by atoms with Gasteiger partial charge in [0.2, 0.25) is 27.6 Å². The van der Waals surface area contributed by atoms with E-state index in [0.717, 1.165) is 29.8 Å². The lowest BCUT2D eigenvalue weighted by Crippen LogP contribution is -2.61. The number of nitrogens with zero attached hydrogens (tertiary/aromatic N) is 2. The summed E-state index contributed by atoms with van der Waals surface area (Å²) in [7, 11) is -2.15. The number of hydrogen-bond donors (Lipinski definition) is 4. The van der Waals surface area contributed by atoms with Crippen molar-refractivity contribution in [3.8, 4) is 0 Å². The Hall–Kier alpha value is -3.21. The number of alkyl halides is 3. The first-order valence-electron chi connectivity index (χ1n) is 17.5. The number of hydrogen-bond acceptors (Lipinski definition) is 7. The van der Waals surface area contributed by atoms with Crippen LogP contribution in [0.25, 0.3) is 0 Å². The SMILES string of the molecule is C=CCNC(=O)C(=O)C(CCC(F)(F)F)NC(=O)[C@@H]1[C@@H]2[C@H](CN1C(=O)[C@@H](NC(=O)N[C@H](CN(C)S(C)(=O)=O)C(C)(C)C)C1CCCCC1)C2(C)C. The van der Waals surface area contributed by atoms with E-state index in [-0.39, 0.29) is 42.8 Å². The highest BCUT2D eigenvalue weighted by Crippen LogP contribution is 2.65. The average molecular weight is 749 g/mol. The summed E-state index contributed by atoms with van der Waals surface area (Å²) in [5.74, 6) is -4.54. The van der Waals surface area contributed by atoms with Crippen molar-refractivity contribution in [3.63, 3.8) is 0 Å². The number of halogens is 3. The monoisotopic (exact) mass is 748 g/mol. The molecule has 3 aliphatic rings. The molecule has 290 valence electrons.